The molecule has 0 aromatic carbocycles. The Kier molecular flexibility index (Phi) is 6.58. The molecule has 0 aliphatic heterocycles. The van der Waals surface area contributed by atoms with Crippen molar-refractivity contribution in [3.05, 3.63) is 0 Å². The van der Waals surface area contributed by atoms with Crippen molar-refractivity contribution in [3.63, 3.8) is 0 Å². The molecule has 0 aliphatic carbocycles. The summed E-state index contributed by atoms with van der Waals surface area (Å²) in [7, 11) is 1.58. The molecule has 2 N–H and O–H groups in total. The highest BCUT2D eigenvalue weighted by Crippen LogP contribution is 2.32. The van der Waals surface area contributed by atoms with Gasteiger partial charge in [-0.1, -0.05) is 20.3 Å². The van der Waals surface area contributed by atoms with Crippen LogP contribution in [-0.2, 0) is 8.85 Å². The van der Waals surface area contributed by atoms with Gasteiger partial charge in [-0.05, 0) is 19.0 Å². The fraction of sp³-hybridized carbons (Fsp3) is 1.00. The average molecular weight is 205 g/mol. The first-order chi connectivity index (χ1) is 6.20. The molecule has 0 heterocycles. The van der Waals surface area contributed by atoms with Crippen LogP contribution in [0.3, 0.4) is 0 Å². The molecule has 0 radical (unpaired) electrons. The number of nitrogens with two attached hydrogens (primary N) is 1. The Balaban J connectivity index is 4.45. The quantitative estimate of drug-likeness (QED) is 0.645. The van der Waals surface area contributed by atoms with Crippen molar-refractivity contribution >= 4 is 8.56 Å². The first-order valence-electron chi connectivity index (χ1n) is 5.01. The fourth-order valence-electron chi connectivity index (χ4n) is 1.93. The summed E-state index contributed by atoms with van der Waals surface area (Å²) in [5.41, 5.74) is 6.10. The molecule has 0 saturated heterocycles. The number of hydrogen-bond acceptors (Lipinski definition) is 3. The van der Waals surface area contributed by atoms with Gasteiger partial charge in [0.15, 0.2) is 0 Å². The Morgan fingerprint density at radius 2 is 1.77 bits per heavy atom. The zero-order valence-corrected chi connectivity index (χ0v) is 10.3. The van der Waals surface area contributed by atoms with E-state index in [0.29, 0.717) is 5.54 Å². The minimum absolute atomic E-state index is 0.525. The van der Waals surface area contributed by atoms with Crippen LogP contribution < -0.4 is 5.73 Å². The molecule has 4 heteroatoms. The molecular formula is C9H23NO2Si. The van der Waals surface area contributed by atoms with Gasteiger partial charge in [0.05, 0.1) is 0 Å². The average Bonchev–Trinajstić information content (AvgIpc) is 2.19. The lowest BCUT2D eigenvalue weighted by Gasteiger charge is -2.33. The fourth-order valence-corrected chi connectivity index (χ4v) is 5.15. The van der Waals surface area contributed by atoms with Crippen molar-refractivity contribution in [3.8, 4) is 0 Å². The van der Waals surface area contributed by atoms with E-state index in [0.717, 1.165) is 25.4 Å². The highest BCUT2D eigenvalue weighted by molar-refractivity contribution is 6.68. The predicted octanol–water partition coefficient (Wildman–Crippen LogP) is 1.87. The summed E-state index contributed by atoms with van der Waals surface area (Å²) in [5, 5.41) is 0. The molecule has 0 fully saturated rings. The van der Waals surface area contributed by atoms with E-state index in [9.17, 15) is 0 Å². The third-order valence-electron chi connectivity index (χ3n) is 2.81. The van der Waals surface area contributed by atoms with Gasteiger partial charge >= 0.3 is 8.56 Å². The summed E-state index contributed by atoms with van der Waals surface area (Å²) in [6.07, 6.45) is 2.11. The molecule has 0 aromatic rings. The van der Waals surface area contributed by atoms with E-state index in [1.807, 2.05) is 0 Å². The smallest absolute Gasteiger partial charge is 0.340 e. The van der Waals surface area contributed by atoms with Crippen LogP contribution >= 0.6 is 0 Å². The topological polar surface area (TPSA) is 44.5 Å². The first kappa shape index (κ1) is 13.1. The molecule has 3 nitrogen and oxygen atoms in total. The Hall–Kier alpha value is 0.0969. The molecule has 1 unspecified atom stereocenters. The van der Waals surface area contributed by atoms with Gasteiger partial charge in [0.1, 0.15) is 0 Å². The van der Waals surface area contributed by atoms with Crippen LogP contribution in [0.25, 0.3) is 0 Å². The summed E-state index contributed by atoms with van der Waals surface area (Å²) in [5.74, 6) is 0. The zero-order valence-electron chi connectivity index (χ0n) is 9.30. The van der Waals surface area contributed by atoms with Crippen molar-refractivity contribution in [2.45, 2.75) is 38.3 Å². The van der Waals surface area contributed by atoms with Crippen molar-refractivity contribution < 1.29 is 8.85 Å². The van der Waals surface area contributed by atoms with Crippen LogP contribution in [0.1, 0.15) is 26.7 Å². The molecule has 0 aliphatic rings. The maximum Gasteiger partial charge on any atom is 0.340 e. The van der Waals surface area contributed by atoms with E-state index in [1.165, 1.54) is 0 Å². The number of rotatable bonds is 7. The summed E-state index contributed by atoms with van der Waals surface area (Å²) < 4.78 is 11.2. The molecule has 0 amide bonds. The van der Waals surface area contributed by atoms with Gasteiger partial charge in [-0.2, -0.15) is 0 Å². The molecule has 1 atom stereocenters. The van der Waals surface area contributed by atoms with Gasteiger partial charge in [0, 0.05) is 19.8 Å². The molecule has 80 valence electrons. The minimum Gasteiger partial charge on any atom is -0.397 e. The molecule has 0 bridgehead atoms. The molecule has 0 rings (SSSR count). The highest BCUT2D eigenvalue weighted by Gasteiger charge is 2.40. The summed E-state index contributed by atoms with van der Waals surface area (Å²) >= 11 is 0. The lowest BCUT2D eigenvalue weighted by Crippen LogP contribution is -2.45. The van der Waals surface area contributed by atoms with Gasteiger partial charge in [-0.15, -0.1) is 0 Å². The minimum atomic E-state index is -1.95. The maximum absolute atomic E-state index is 5.60. The second-order valence-corrected chi connectivity index (χ2v) is 7.22. The second kappa shape index (κ2) is 6.54. The summed E-state index contributed by atoms with van der Waals surface area (Å²) in [6.45, 7) is 5.04. The SMILES string of the molecule is CCC(CCN)[Si](CC)(OC)OC. The summed E-state index contributed by atoms with van der Waals surface area (Å²) in [6, 6.07) is 0.999. The standard InChI is InChI=1S/C9H23NO2Si/c1-5-9(7-8-10)13(6-2,11-3)12-4/h9H,5-8,10H2,1-4H3. The first-order valence-corrected chi connectivity index (χ1v) is 7.11. The Labute approximate surface area is 82.9 Å². The van der Waals surface area contributed by atoms with Crippen LogP contribution in [0.4, 0.5) is 0 Å². The van der Waals surface area contributed by atoms with Gasteiger partial charge in [0.2, 0.25) is 0 Å². The van der Waals surface area contributed by atoms with Crippen LogP contribution in [0, 0.1) is 0 Å². The monoisotopic (exact) mass is 205 g/mol. The second-order valence-electron chi connectivity index (χ2n) is 3.26. The van der Waals surface area contributed by atoms with E-state index >= 15 is 0 Å². The third-order valence-corrected chi connectivity index (χ3v) is 7.12. The third kappa shape index (κ3) is 3.05. The molecular weight excluding hydrogens is 182 g/mol. The Morgan fingerprint density at radius 1 is 1.23 bits per heavy atom. The van der Waals surface area contributed by atoms with E-state index in [-0.39, 0.29) is 0 Å². The molecule has 13 heavy (non-hydrogen) atoms. The van der Waals surface area contributed by atoms with Crippen LogP contribution in [0.5, 0.6) is 0 Å². The van der Waals surface area contributed by atoms with Gasteiger partial charge < -0.3 is 14.6 Å². The lowest BCUT2D eigenvalue weighted by atomic mass is 10.2. The number of hydrogen-bond donors (Lipinski definition) is 1. The van der Waals surface area contributed by atoms with Crippen LogP contribution in [0.15, 0.2) is 0 Å². The molecule has 0 saturated carbocycles. The van der Waals surface area contributed by atoms with E-state index in [1.54, 1.807) is 14.2 Å². The van der Waals surface area contributed by atoms with Gasteiger partial charge in [0.25, 0.3) is 0 Å². The van der Waals surface area contributed by atoms with Gasteiger partial charge in [-0.3, -0.25) is 0 Å². The van der Waals surface area contributed by atoms with Crippen molar-refractivity contribution in [1.82, 2.24) is 0 Å². The largest absolute Gasteiger partial charge is 0.397 e. The van der Waals surface area contributed by atoms with Gasteiger partial charge in [-0.25, -0.2) is 0 Å². The van der Waals surface area contributed by atoms with Crippen LogP contribution in [-0.4, -0.2) is 29.3 Å². The molecule has 0 spiro atoms. The highest BCUT2D eigenvalue weighted by atomic mass is 28.4. The summed E-state index contributed by atoms with van der Waals surface area (Å²) in [4.78, 5) is 0. The lowest BCUT2D eigenvalue weighted by molar-refractivity contribution is 0.226. The van der Waals surface area contributed by atoms with E-state index < -0.39 is 8.56 Å². The van der Waals surface area contributed by atoms with Crippen molar-refractivity contribution in [1.29, 1.82) is 0 Å². The van der Waals surface area contributed by atoms with E-state index in [4.69, 9.17) is 14.6 Å². The van der Waals surface area contributed by atoms with Crippen LogP contribution in [0.2, 0.25) is 11.6 Å². The zero-order chi connectivity index (χ0) is 10.3. The Morgan fingerprint density at radius 3 is 2.00 bits per heavy atom. The van der Waals surface area contributed by atoms with Crippen molar-refractivity contribution in [2.24, 2.45) is 5.73 Å². The Bertz CT molecular complexity index is 121. The molecule has 0 aromatic heterocycles. The van der Waals surface area contributed by atoms with E-state index in [2.05, 4.69) is 13.8 Å². The normalized spacial score (nSPS) is 14.5. The predicted molar refractivity (Wildman–Crippen MR) is 58.0 cm³/mol. The maximum atomic E-state index is 5.60. The van der Waals surface area contributed by atoms with Crippen molar-refractivity contribution in [2.75, 3.05) is 20.8 Å².